The maximum atomic E-state index is 12.3. The van der Waals surface area contributed by atoms with E-state index < -0.39 is 6.10 Å². The normalized spacial score (nSPS) is 11.7. The van der Waals surface area contributed by atoms with E-state index in [-0.39, 0.29) is 11.7 Å². The van der Waals surface area contributed by atoms with Crippen molar-refractivity contribution in [1.29, 1.82) is 0 Å². The highest BCUT2D eigenvalue weighted by atomic mass is 32.1. The Bertz CT molecular complexity index is 841. The number of ether oxygens (including phenoxy) is 1. The van der Waals surface area contributed by atoms with Crippen LogP contribution >= 0.6 is 22.7 Å². The molecule has 0 saturated heterocycles. The third kappa shape index (κ3) is 4.55. The molecular formula is C19H17NO3S2. The van der Waals surface area contributed by atoms with E-state index in [2.05, 4.69) is 5.32 Å². The first kappa shape index (κ1) is 17.4. The molecule has 0 bridgehead atoms. The van der Waals surface area contributed by atoms with Gasteiger partial charge in [0.15, 0.2) is 6.10 Å². The van der Waals surface area contributed by atoms with Gasteiger partial charge in [-0.3, -0.25) is 9.59 Å². The first-order valence-corrected chi connectivity index (χ1v) is 9.49. The number of carbonyl (C=O) groups excluding carboxylic acids is 2. The van der Waals surface area contributed by atoms with Crippen LogP contribution in [0.1, 0.15) is 26.3 Å². The summed E-state index contributed by atoms with van der Waals surface area (Å²) in [5, 5.41) is 4.73. The number of hydrogen-bond donors (Lipinski definition) is 1. The zero-order valence-electron chi connectivity index (χ0n) is 13.6. The highest BCUT2D eigenvalue weighted by molar-refractivity contribution is 7.16. The predicted octanol–water partition coefficient (Wildman–Crippen LogP) is 4.12. The summed E-state index contributed by atoms with van der Waals surface area (Å²) in [6, 6.07) is 16.6. The van der Waals surface area contributed by atoms with Crippen molar-refractivity contribution in [1.82, 2.24) is 5.32 Å². The minimum Gasteiger partial charge on any atom is -0.481 e. The quantitative estimate of drug-likeness (QED) is 0.636. The molecule has 25 heavy (non-hydrogen) atoms. The van der Waals surface area contributed by atoms with Crippen LogP contribution in [0.2, 0.25) is 0 Å². The summed E-state index contributed by atoms with van der Waals surface area (Å²) >= 11 is 2.83. The Hall–Kier alpha value is -2.44. The maximum Gasteiger partial charge on any atom is 0.261 e. The average Bonchev–Trinajstić information content (AvgIpc) is 3.32. The van der Waals surface area contributed by atoms with Crippen LogP contribution in [-0.2, 0) is 11.3 Å². The van der Waals surface area contributed by atoms with Crippen molar-refractivity contribution in [3.63, 3.8) is 0 Å². The lowest BCUT2D eigenvalue weighted by molar-refractivity contribution is -0.127. The minimum absolute atomic E-state index is 0.0263. The zero-order chi connectivity index (χ0) is 17.6. The number of thiophene rings is 2. The fraction of sp³-hybridized carbons (Fsp3) is 0.158. The molecule has 0 fully saturated rings. The maximum absolute atomic E-state index is 12.3. The molecule has 4 nitrogen and oxygen atoms in total. The van der Waals surface area contributed by atoms with E-state index in [9.17, 15) is 9.59 Å². The van der Waals surface area contributed by atoms with E-state index in [1.807, 2.05) is 53.9 Å². The summed E-state index contributed by atoms with van der Waals surface area (Å²) in [4.78, 5) is 26.8. The number of rotatable bonds is 7. The topological polar surface area (TPSA) is 55.4 Å². The molecule has 3 aromatic rings. The Morgan fingerprint density at radius 3 is 2.56 bits per heavy atom. The summed E-state index contributed by atoms with van der Waals surface area (Å²) in [5.74, 6) is 0.492. The number of nitrogens with one attached hydrogen (secondary N) is 1. The average molecular weight is 371 g/mol. The van der Waals surface area contributed by atoms with Crippen molar-refractivity contribution < 1.29 is 14.3 Å². The Balaban J connectivity index is 1.53. The molecule has 0 aliphatic rings. The molecule has 0 unspecified atom stereocenters. The molecule has 2 aromatic heterocycles. The molecule has 1 aromatic carbocycles. The number of benzene rings is 1. The molecule has 0 spiro atoms. The Morgan fingerprint density at radius 1 is 1.04 bits per heavy atom. The molecule has 0 aliphatic heterocycles. The van der Waals surface area contributed by atoms with Gasteiger partial charge in [0.25, 0.3) is 5.91 Å². The third-order valence-electron chi connectivity index (χ3n) is 3.49. The van der Waals surface area contributed by atoms with E-state index in [1.165, 1.54) is 22.7 Å². The Morgan fingerprint density at radius 2 is 1.84 bits per heavy atom. The molecule has 1 amide bonds. The summed E-state index contributed by atoms with van der Waals surface area (Å²) in [7, 11) is 0. The minimum atomic E-state index is -0.588. The second kappa shape index (κ2) is 8.09. The van der Waals surface area contributed by atoms with E-state index >= 15 is 0 Å². The van der Waals surface area contributed by atoms with Crippen LogP contribution in [0.4, 0.5) is 0 Å². The van der Waals surface area contributed by atoms with Crippen LogP contribution in [0.15, 0.2) is 60.0 Å². The number of hydrogen-bond acceptors (Lipinski definition) is 5. The second-order valence-corrected chi connectivity index (χ2v) is 7.48. The SMILES string of the molecule is C[C@@H](Oc1ccccc1)C(=O)NCc1ccc(C(=O)c2cccs2)s1. The molecular weight excluding hydrogens is 354 g/mol. The van der Waals surface area contributed by atoms with Crippen LogP contribution < -0.4 is 10.1 Å². The molecule has 1 N–H and O–H groups in total. The lowest BCUT2D eigenvalue weighted by Gasteiger charge is -2.14. The zero-order valence-corrected chi connectivity index (χ0v) is 15.2. The van der Waals surface area contributed by atoms with Gasteiger partial charge in [0.1, 0.15) is 5.75 Å². The highest BCUT2D eigenvalue weighted by Crippen LogP contribution is 2.22. The van der Waals surface area contributed by atoms with E-state index in [1.54, 1.807) is 13.0 Å². The van der Waals surface area contributed by atoms with Gasteiger partial charge in [-0.25, -0.2) is 0 Å². The molecule has 6 heteroatoms. The van der Waals surface area contributed by atoms with Gasteiger partial charge >= 0.3 is 0 Å². The van der Waals surface area contributed by atoms with Gasteiger partial charge in [-0.15, -0.1) is 22.7 Å². The van der Waals surface area contributed by atoms with Crippen molar-refractivity contribution in [2.45, 2.75) is 19.6 Å². The van der Waals surface area contributed by atoms with E-state index in [0.29, 0.717) is 17.2 Å². The van der Waals surface area contributed by atoms with E-state index in [0.717, 1.165) is 9.75 Å². The molecule has 0 saturated carbocycles. The molecule has 0 radical (unpaired) electrons. The number of amides is 1. The number of para-hydroxylation sites is 1. The van der Waals surface area contributed by atoms with Gasteiger partial charge in [0.2, 0.25) is 5.78 Å². The van der Waals surface area contributed by atoms with Crippen LogP contribution in [0.3, 0.4) is 0 Å². The standard InChI is InChI=1S/C19H17NO3S2/c1-13(23-14-6-3-2-4-7-14)19(22)20-12-15-9-10-17(25-15)18(21)16-8-5-11-24-16/h2-11,13H,12H2,1H3,(H,20,22)/t13-/m1/s1. The van der Waals surface area contributed by atoms with Crippen molar-refractivity contribution in [3.8, 4) is 5.75 Å². The lowest BCUT2D eigenvalue weighted by Crippen LogP contribution is -2.35. The van der Waals surface area contributed by atoms with Crippen molar-refractivity contribution >= 4 is 34.4 Å². The summed E-state index contributed by atoms with van der Waals surface area (Å²) in [6.45, 7) is 2.09. The smallest absolute Gasteiger partial charge is 0.261 e. The van der Waals surface area contributed by atoms with Gasteiger partial charge in [-0.1, -0.05) is 24.3 Å². The fourth-order valence-corrected chi connectivity index (χ4v) is 3.84. The molecule has 0 aliphatic carbocycles. The first-order valence-electron chi connectivity index (χ1n) is 7.80. The van der Waals surface area contributed by atoms with Crippen molar-refractivity contribution in [2.24, 2.45) is 0 Å². The van der Waals surface area contributed by atoms with Crippen LogP contribution in [0.25, 0.3) is 0 Å². The summed E-state index contributed by atoms with van der Waals surface area (Å²) in [5.41, 5.74) is 0. The molecule has 2 heterocycles. The fourth-order valence-electron chi connectivity index (χ4n) is 2.20. The van der Waals surface area contributed by atoms with Crippen LogP contribution in [0.5, 0.6) is 5.75 Å². The van der Waals surface area contributed by atoms with Gasteiger partial charge in [-0.2, -0.15) is 0 Å². The van der Waals surface area contributed by atoms with Crippen LogP contribution in [-0.4, -0.2) is 17.8 Å². The van der Waals surface area contributed by atoms with Crippen molar-refractivity contribution in [3.05, 3.63) is 74.6 Å². The molecule has 3 rings (SSSR count). The largest absolute Gasteiger partial charge is 0.481 e. The Kier molecular flexibility index (Phi) is 5.63. The van der Waals surface area contributed by atoms with Gasteiger partial charge in [-0.05, 0) is 42.6 Å². The highest BCUT2D eigenvalue weighted by Gasteiger charge is 2.16. The van der Waals surface area contributed by atoms with Gasteiger partial charge in [0.05, 0.1) is 16.3 Å². The predicted molar refractivity (Wildman–Crippen MR) is 100 cm³/mol. The van der Waals surface area contributed by atoms with Gasteiger partial charge in [0, 0.05) is 4.88 Å². The van der Waals surface area contributed by atoms with E-state index in [4.69, 9.17) is 4.74 Å². The van der Waals surface area contributed by atoms with Crippen molar-refractivity contribution in [2.75, 3.05) is 0 Å². The third-order valence-corrected chi connectivity index (χ3v) is 5.45. The monoisotopic (exact) mass is 371 g/mol. The number of ketones is 1. The molecule has 1 atom stereocenters. The molecule has 128 valence electrons. The summed E-state index contributed by atoms with van der Waals surface area (Å²) in [6.07, 6.45) is -0.588. The van der Waals surface area contributed by atoms with Crippen LogP contribution in [0, 0.1) is 0 Å². The Labute approximate surface area is 154 Å². The lowest BCUT2D eigenvalue weighted by atomic mass is 10.3. The first-order chi connectivity index (χ1) is 12.1. The van der Waals surface area contributed by atoms with Gasteiger partial charge < -0.3 is 10.1 Å². The number of carbonyl (C=O) groups is 2. The summed E-state index contributed by atoms with van der Waals surface area (Å²) < 4.78 is 5.60. The second-order valence-electron chi connectivity index (χ2n) is 5.36.